The van der Waals surface area contributed by atoms with Crippen LogP contribution in [0.1, 0.15) is 23.3 Å². The number of carboxylic acid groups (broad SMARTS) is 1. The van der Waals surface area contributed by atoms with Gasteiger partial charge >= 0.3 is 0 Å². The van der Waals surface area contributed by atoms with Crippen LogP contribution in [0, 0.1) is 11.8 Å². The van der Waals surface area contributed by atoms with Gasteiger partial charge in [0.1, 0.15) is 5.69 Å². The number of likely N-dealkylation sites (tertiary alicyclic amines) is 1. The zero-order valence-electron chi connectivity index (χ0n) is 16.6. The lowest BCUT2D eigenvalue weighted by Gasteiger charge is -2.43. The Bertz CT molecular complexity index is 697. The number of nitrogens with zero attached hydrogens (tertiary/aromatic N) is 3. The van der Waals surface area contributed by atoms with E-state index in [2.05, 4.69) is 9.88 Å². The molecule has 4 rings (SSSR count). The first-order valence-corrected chi connectivity index (χ1v) is 9.95. The number of rotatable bonds is 3. The molecule has 3 aliphatic rings. The Labute approximate surface area is 170 Å². The minimum Gasteiger partial charge on any atom is -0.483 e. The highest BCUT2D eigenvalue weighted by Crippen LogP contribution is 2.38. The molecule has 1 aliphatic carbocycles. The summed E-state index contributed by atoms with van der Waals surface area (Å²) in [6, 6.07) is 5.45. The second-order valence-corrected chi connectivity index (χ2v) is 7.66. The molecule has 9 heteroatoms. The van der Waals surface area contributed by atoms with Crippen molar-refractivity contribution < 1.29 is 29.3 Å². The fourth-order valence-electron chi connectivity index (χ4n) is 4.68. The number of methoxy groups -OCH3 is 1. The molecule has 2 saturated heterocycles. The number of fused-ring (bicyclic) bond motifs is 1. The van der Waals surface area contributed by atoms with Crippen LogP contribution in [0.2, 0.25) is 0 Å². The highest BCUT2D eigenvalue weighted by molar-refractivity contribution is 5.92. The maximum atomic E-state index is 12.8. The van der Waals surface area contributed by atoms with E-state index in [0.717, 1.165) is 45.7 Å². The third-order valence-corrected chi connectivity index (χ3v) is 6.06. The fraction of sp³-hybridized carbons (Fsp3) is 0.650. The maximum absolute atomic E-state index is 12.8. The lowest BCUT2D eigenvalue weighted by atomic mass is 9.77. The minimum atomic E-state index is -0.320. The van der Waals surface area contributed by atoms with Gasteiger partial charge in [-0.05, 0) is 30.7 Å². The Morgan fingerprint density at radius 2 is 1.90 bits per heavy atom. The Kier molecular flexibility index (Phi) is 7.40. The second-order valence-electron chi connectivity index (χ2n) is 7.66. The predicted octanol–water partition coefficient (Wildman–Crippen LogP) is 0.335. The number of carbonyl (C=O) groups excluding carboxylic acids is 1. The summed E-state index contributed by atoms with van der Waals surface area (Å²) < 4.78 is 10.6. The summed E-state index contributed by atoms with van der Waals surface area (Å²) in [4.78, 5) is 29.7. The molecule has 0 radical (unpaired) electrons. The molecule has 0 unspecified atom stereocenters. The Morgan fingerprint density at radius 3 is 2.55 bits per heavy atom. The molecule has 29 heavy (non-hydrogen) atoms. The number of aliphatic hydroxyl groups is 1. The van der Waals surface area contributed by atoms with Gasteiger partial charge in [-0.15, -0.1) is 0 Å². The Hall–Kier alpha value is -2.23. The van der Waals surface area contributed by atoms with Gasteiger partial charge in [0.2, 0.25) is 5.88 Å². The van der Waals surface area contributed by atoms with E-state index in [1.165, 1.54) is 0 Å². The SMILES string of the molecule is COc1cccc(C(=O)N2C[C@H]3C[C@@H](N4CCOCC4)[C@H](O)C[C@H]3C2)n1.O=CO. The third-order valence-electron chi connectivity index (χ3n) is 6.06. The Morgan fingerprint density at radius 1 is 1.24 bits per heavy atom. The smallest absolute Gasteiger partial charge is 0.290 e. The molecule has 3 heterocycles. The predicted molar refractivity (Wildman–Crippen MR) is 104 cm³/mol. The normalized spacial score (nSPS) is 29.4. The summed E-state index contributed by atoms with van der Waals surface area (Å²) in [5, 5.41) is 17.6. The van der Waals surface area contributed by atoms with Crippen LogP contribution in [0.25, 0.3) is 0 Å². The molecule has 0 aromatic carbocycles. The summed E-state index contributed by atoms with van der Waals surface area (Å²) in [6.45, 7) is 4.45. The van der Waals surface area contributed by atoms with Crippen molar-refractivity contribution in [2.24, 2.45) is 11.8 Å². The molecule has 160 valence electrons. The monoisotopic (exact) mass is 407 g/mol. The molecule has 2 N–H and O–H groups in total. The van der Waals surface area contributed by atoms with Crippen LogP contribution >= 0.6 is 0 Å². The van der Waals surface area contributed by atoms with Gasteiger partial charge in [0.25, 0.3) is 12.4 Å². The van der Waals surface area contributed by atoms with Crippen LogP contribution < -0.4 is 4.74 Å². The summed E-state index contributed by atoms with van der Waals surface area (Å²) in [6.07, 6.45) is 1.39. The van der Waals surface area contributed by atoms with E-state index < -0.39 is 0 Å². The molecule has 4 atom stereocenters. The van der Waals surface area contributed by atoms with Crippen LogP contribution in [0.15, 0.2) is 18.2 Å². The van der Waals surface area contributed by atoms with Gasteiger partial charge in [-0.3, -0.25) is 14.5 Å². The first-order chi connectivity index (χ1) is 14.1. The van der Waals surface area contributed by atoms with Gasteiger partial charge in [-0.2, -0.15) is 0 Å². The zero-order valence-corrected chi connectivity index (χ0v) is 16.6. The van der Waals surface area contributed by atoms with Gasteiger partial charge < -0.3 is 24.6 Å². The van der Waals surface area contributed by atoms with E-state index >= 15 is 0 Å². The quantitative estimate of drug-likeness (QED) is 0.690. The standard InChI is InChI=1S/C19H27N3O4.CH2O2/c1-25-18-4-2-3-15(20-18)19(24)22-11-13-9-16(17(23)10-14(13)12-22)21-5-7-26-8-6-21;2-1-3/h2-4,13-14,16-17,23H,5-12H2,1H3;1H,(H,2,3)/t13-,14+,16-,17-;/m1./s1. The van der Waals surface area contributed by atoms with E-state index in [4.69, 9.17) is 19.4 Å². The molecule has 2 aliphatic heterocycles. The molecule has 1 amide bonds. The van der Waals surface area contributed by atoms with Gasteiger partial charge in [0.15, 0.2) is 0 Å². The molecule has 1 aromatic rings. The number of morpholine rings is 1. The fourth-order valence-corrected chi connectivity index (χ4v) is 4.68. The largest absolute Gasteiger partial charge is 0.483 e. The number of ether oxygens (including phenoxy) is 2. The van der Waals surface area contributed by atoms with E-state index in [-0.39, 0.29) is 24.5 Å². The number of hydrogen-bond acceptors (Lipinski definition) is 7. The molecular weight excluding hydrogens is 378 g/mol. The number of aromatic nitrogens is 1. The van der Waals surface area contributed by atoms with Gasteiger partial charge in [-0.25, -0.2) is 4.98 Å². The summed E-state index contributed by atoms with van der Waals surface area (Å²) in [5.74, 6) is 1.23. The highest BCUT2D eigenvalue weighted by atomic mass is 16.5. The van der Waals surface area contributed by atoms with Crippen LogP contribution in [0.4, 0.5) is 0 Å². The van der Waals surface area contributed by atoms with Crippen LogP contribution in [0.5, 0.6) is 5.88 Å². The van der Waals surface area contributed by atoms with Crippen molar-refractivity contribution in [2.75, 3.05) is 46.5 Å². The van der Waals surface area contributed by atoms with Crippen molar-refractivity contribution in [1.29, 1.82) is 0 Å². The van der Waals surface area contributed by atoms with Crippen LogP contribution in [-0.2, 0) is 9.53 Å². The lowest BCUT2D eigenvalue weighted by Crippen LogP contribution is -2.53. The molecule has 3 fully saturated rings. The summed E-state index contributed by atoms with van der Waals surface area (Å²) in [5.41, 5.74) is 0.424. The second kappa shape index (κ2) is 10.00. The Balaban J connectivity index is 0.000000755. The van der Waals surface area contributed by atoms with E-state index in [1.54, 1.807) is 25.3 Å². The maximum Gasteiger partial charge on any atom is 0.290 e. The number of aliphatic hydroxyl groups excluding tert-OH is 1. The van der Waals surface area contributed by atoms with Crippen molar-refractivity contribution in [2.45, 2.75) is 25.0 Å². The van der Waals surface area contributed by atoms with E-state index in [9.17, 15) is 9.90 Å². The highest BCUT2D eigenvalue weighted by Gasteiger charge is 2.45. The number of hydrogen-bond donors (Lipinski definition) is 2. The van der Waals surface area contributed by atoms with Crippen molar-refractivity contribution in [3.8, 4) is 5.88 Å². The van der Waals surface area contributed by atoms with Gasteiger partial charge in [0, 0.05) is 38.3 Å². The number of pyridine rings is 1. The molecule has 0 bridgehead atoms. The molecule has 9 nitrogen and oxygen atoms in total. The first kappa shape index (κ1) is 21.5. The minimum absolute atomic E-state index is 0.0456. The summed E-state index contributed by atoms with van der Waals surface area (Å²) >= 11 is 0. The van der Waals surface area contributed by atoms with Crippen molar-refractivity contribution in [3.05, 3.63) is 23.9 Å². The number of carbonyl (C=O) groups is 2. The average molecular weight is 407 g/mol. The van der Waals surface area contributed by atoms with Gasteiger partial charge in [-0.1, -0.05) is 6.07 Å². The third kappa shape index (κ3) is 5.04. The van der Waals surface area contributed by atoms with E-state index in [0.29, 0.717) is 30.0 Å². The van der Waals surface area contributed by atoms with Crippen molar-refractivity contribution in [1.82, 2.24) is 14.8 Å². The average Bonchev–Trinajstić information content (AvgIpc) is 3.16. The zero-order chi connectivity index (χ0) is 20.8. The first-order valence-electron chi connectivity index (χ1n) is 9.95. The topological polar surface area (TPSA) is 112 Å². The summed E-state index contributed by atoms with van der Waals surface area (Å²) in [7, 11) is 1.55. The molecular formula is C20H29N3O6. The van der Waals surface area contributed by atoms with Gasteiger partial charge in [0.05, 0.1) is 26.4 Å². The number of amides is 1. The van der Waals surface area contributed by atoms with Crippen molar-refractivity contribution in [3.63, 3.8) is 0 Å². The lowest BCUT2D eigenvalue weighted by molar-refractivity contribution is -0.122. The van der Waals surface area contributed by atoms with E-state index in [1.807, 2.05) is 4.90 Å². The van der Waals surface area contributed by atoms with Crippen LogP contribution in [0.3, 0.4) is 0 Å². The molecule has 0 spiro atoms. The molecule has 1 aromatic heterocycles. The molecule has 1 saturated carbocycles. The van der Waals surface area contributed by atoms with Crippen molar-refractivity contribution >= 4 is 12.4 Å². The van der Waals surface area contributed by atoms with Crippen LogP contribution in [-0.4, -0.2) is 96.0 Å².